The highest BCUT2D eigenvalue weighted by molar-refractivity contribution is 7.12. The number of carbonyl (C=O) groups is 1. The van der Waals surface area contributed by atoms with Crippen molar-refractivity contribution in [2.45, 2.75) is 18.9 Å². The first-order valence-electron chi connectivity index (χ1n) is 12.8. The minimum atomic E-state index is -0.330. The van der Waals surface area contributed by atoms with Gasteiger partial charge < -0.3 is 30.3 Å². The normalized spacial score (nSPS) is 17.1. The molecular weight excluding hydrogens is 504 g/mol. The number of ether oxygens (including phenoxy) is 1. The Morgan fingerprint density at radius 3 is 2.84 bits per heavy atom. The monoisotopic (exact) mass is 534 g/mol. The first-order chi connectivity index (χ1) is 18.5. The summed E-state index contributed by atoms with van der Waals surface area (Å²) in [5, 5.41) is 20.8. The predicted octanol–water partition coefficient (Wildman–Crippen LogP) is 2.72. The van der Waals surface area contributed by atoms with Gasteiger partial charge in [-0.15, -0.1) is 11.3 Å². The number of likely N-dealkylation sites (tertiary alicyclic amines) is 1. The third-order valence-corrected chi connectivity index (χ3v) is 7.87. The summed E-state index contributed by atoms with van der Waals surface area (Å²) in [6.07, 6.45) is 8.86. The average Bonchev–Trinajstić information content (AvgIpc) is 3.56. The van der Waals surface area contributed by atoms with Crippen molar-refractivity contribution in [1.29, 1.82) is 0 Å². The second-order valence-electron chi connectivity index (χ2n) is 9.65. The lowest BCUT2D eigenvalue weighted by molar-refractivity contribution is 0.102. The van der Waals surface area contributed by atoms with Crippen LogP contribution in [0.3, 0.4) is 0 Å². The zero-order valence-corrected chi connectivity index (χ0v) is 21.9. The second kappa shape index (κ2) is 10.6. The largest absolute Gasteiger partial charge is 0.494 e. The first kappa shape index (κ1) is 24.6. The van der Waals surface area contributed by atoms with E-state index in [2.05, 4.69) is 42.4 Å². The summed E-state index contributed by atoms with van der Waals surface area (Å²) in [6, 6.07) is 3.68. The van der Waals surface area contributed by atoms with Crippen LogP contribution in [0.15, 0.2) is 42.3 Å². The van der Waals surface area contributed by atoms with Crippen molar-refractivity contribution in [2.75, 3.05) is 56.5 Å². The molecule has 198 valence electrons. The lowest BCUT2D eigenvalue weighted by atomic mass is 10.1. The summed E-state index contributed by atoms with van der Waals surface area (Å²) in [5.41, 5.74) is 1.85. The molecule has 0 unspecified atom stereocenters. The molecule has 0 spiro atoms. The Hall–Kier alpha value is -3.74. The van der Waals surface area contributed by atoms with E-state index in [9.17, 15) is 9.90 Å². The molecule has 38 heavy (non-hydrogen) atoms. The fraction of sp³-hybridized carbons (Fsp3) is 0.385. The van der Waals surface area contributed by atoms with E-state index in [1.54, 1.807) is 40.8 Å². The third-order valence-electron chi connectivity index (χ3n) is 7.03. The van der Waals surface area contributed by atoms with Gasteiger partial charge in [-0.25, -0.2) is 9.97 Å². The Bertz CT molecular complexity index is 1440. The summed E-state index contributed by atoms with van der Waals surface area (Å²) in [6.45, 7) is 5.47. The number of carbonyl (C=O) groups excluding carboxylic acids is 1. The second-order valence-corrected chi connectivity index (χ2v) is 10.5. The third kappa shape index (κ3) is 5.02. The van der Waals surface area contributed by atoms with Crippen LogP contribution in [-0.4, -0.2) is 87.9 Å². The van der Waals surface area contributed by atoms with E-state index in [1.807, 2.05) is 6.07 Å². The molecule has 2 saturated heterocycles. The molecule has 0 saturated carbocycles. The molecule has 0 bridgehead atoms. The van der Waals surface area contributed by atoms with Gasteiger partial charge >= 0.3 is 0 Å². The molecule has 4 aromatic rings. The average molecular weight is 535 g/mol. The molecule has 11 nitrogen and oxygen atoms in total. The Balaban J connectivity index is 1.19. The van der Waals surface area contributed by atoms with Gasteiger partial charge in [-0.05, 0) is 26.0 Å². The summed E-state index contributed by atoms with van der Waals surface area (Å²) in [4.78, 5) is 30.7. The summed E-state index contributed by atoms with van der Waals surface area (Å²) >= 11 is 1.28. The fourth-order valence-electron chi connectivity index (χ4n) is 4.89. The smallest absolute Gasteiger partial charge is 0.275 e. The number of hydrogen-bond donors (Lipinski definition) is 3. The molecule has 12 heteroatoms. The van der Waals surface area contributed by atoms with Crippen molar-refractivity contribution in [1.82, 2.24) is 29.7 Å². The molecule has 6 rings (SSSR count). The van der Waals surface area contributed by atoms with Crippen molar-refractivity contribution in [2.24, 2.45) is 0 Å². The SMILES string of the molecule is CN1CCC(Oc2cc3c(O)n(-c4nc(C(=O)Nc5cnccc5N5CCNCC5)cs4)cc3cn2)CC1. The van der Waals surface area contributed by atoms with Gasteiger partial charge in [-0.1, -0.05) is 0 Å². The quantitative estimate of drug-likeness (QED) is 0.343. The number of nitrogens with one attached hydrogen (secondary N) is 2. The lowest BCUT2D eigenvalue weighted by Gasteiger charge is -2.30. The maximum atomic E-state index is 13.1. The van der Waals surface area contributed by atoms with Crippen molar-refractivity contribution < 1.29 is 14.6 Å². The molecule has 4 aromatic heterocycles. The summed E-state index contributed by atoms with van der Waals surface area (Å²) in [5.74, 6) is 0.199. The van der Waals surface area contributed by atoms with Gasteiger partial charge in [0.05, 0.1) is 23.0 Å². The molecule has 2 aliphatic rings. The number of amides is 1. The van der Waals surface area contributed by atoms with Crippen LogP contribution in [0.4, 0.5) is 11.4 Å². The van der Waals surface area contributed by atoms with Gasteiger partial charge in [0.1, 0.15) is 11.8 Å². The number of pyridine rings is 2. The van der Waals surface area contributed by atoms with Crippen LogP contribution >= 0.6 is 11.3 Å². The summed E-state index contributed by atoms with van der Waals surface area (Å²) < 4.78 is 7.66. The number of hydrogen-bond acceptors (Lipinski definition) is 10. The van der Waals surface area contributed by atoms with E-state index >= 15 is 0 Å². The van der Waals surface area contributed by atoms with E-state index in [0.29, 0.717) is 22.1 Å². The van der Waals surface area contributed by atoms with E-state index in [-0.39, 0.29) is 23.6 Å². The fourth-order valence-corrected chi connectivity index (χ4v) is 5.67. The van der Waals surface area contributed by atoms with Gasteiger partial charge in [0, 0.05) is 74.7 Å². The molecule has 1 amide bonds. The van der Waals surface area contributed by atoms with Gasteiger partial charge in [0.15, 0.2) is 5.13 Å². The number of thiazole rings is 1. The number of rotatable bonds is 6. The topological polar surface area (TPSA) is 121 Å². The van der Waals surface area contributed by atoms with Gasteiger partial charge in [-0.2, -0.15) is 0 Å². The van der Waals surface area contributed by atoms with Gasteiger partial charge in [-0.3, -0.25) is 14.3 Å². The van der Waals surface area contributed by atoms with Gasteiger partial charge in [0.25, 0.3) is 5.91 Å². The first-order valence-corrected chi connectivity index (χ1v) is 13.7. The zero-order chi connectivity index (χ0) is 26.1. The predicted molar refractivity (Wildman–Crippen MR) is 147 cm³/mol. The molecule has 6 heterocycles. The molecule has 3 N–H and O–H groups in total. The molecule has 2 fully saturated rings. The van der Waals surface area contributed by atoms with Crippen LogP contribution in [0.1, 0.15) is 23.3 Å². The standard InChI is InChI=1S/C26H30N8O3S/c1-32-8-3-18(4-9-32)37-23-12-19-17(13-29-23)15-34(25(19)36)26-31-21(16-38-26)24(35)30-20-14-28-5-2-22(20)33-10-6-27-7-11-33/h2,5,12-16,18,27,36H,3-4,6-11H2,1H3,(H,30,35). The number of anilines is 2. The van der Waals surface area contributed by atoms with Crippen LogP contribution in [0.5, 0.6) is 11.8 Å². The zero-order valence-electron chi connectivity index (χ0n) is 21.1. The molecule has 0 radical (unpaired) electrons. The van der Waals surface area contributed by atoms with Crippen molar-refractivity contribution in [3.05, 3.63) is 48.0 Å². The van der Waals surface area contributed by atoms with E-state index < -0.39 is 0 Å². The number of nitrogens with zero attached hydrogens (tertiary/aromatic N) is 6. The van der Waals surface area contributed by atoms with Crippen molar-refractivity contribution >= 4 is 39.4 Å². The van der Waals surface area contributed by atoms with E-state index in [4.69, 9.17) is 4.74 Å². The molecule has 0 aliphatic carbocycles. The maximum Gasteiger partial charge on any atom is 0.275 e. The highest BCUT2D eigenvalue weighted by Gasteiger charge is 2.21. The Morgan fingerprint density at radius 1 is 1.21 bits per heavy atom. The van der Waals surface area contributed by atoms with Crippen molar-refractivity contribution in [3.8, 4) is 16.9 Å². The Kier molecular flexibility index (Phi) is 6.83. The van der Waals surface area contributed by atoms with Crippen LogP contribution in [0.2, 0.25) is 0 Å². The van der Waals surface area contributed by atoms with Crippen LogP contribution < -0.4 is 20.3 Å². The van der Waals surface area contributed by atoms with E-state index in [0.717, 1.165) is 63.2 Å². The minimum absolute atomic E-state index is 0.0326. The van der Waals surface area contributed by atoms with Crippen LogP contribution in [0.25, 0.3) is 15.9 Å². The molecule has 0 aromatic carbocycles. The van der Waals surface area contributed by atoms with Gasteiger partial charge in [0.2, 0.25) is 11.8 Å². The maximum absolute atomic E-state index is 13.1. The summed E-state index contributed by atoms with van der Waals surface area (Å²) in [7, 11) is 2.11. The minimum Gasteiger partial charge on any atom is -0.494 e. The number of aromatic hydroxyl groups is 1. The number of aromatic nitrogens is 4. The highest BCUT2D eigenvalue weighted by Crippen LogP contribution is 2.33. The molecule has 0 atom stereocenters. The van der Waals surface area contributed by atoms with Crippen molar-refractivity contribution in [3.63, 3.8) is 0 Å². The van der Waals surface area contributed by atoms with Crippen LogP contribution in [0, 0.1) is 0 Å². The van der Waals surface area contributed by atoms with E-state index in [1.165, 1.54) is 11.3 Å². The Labute approximate surface area is 224 Å². The number of piperazine rings is 1. The number of fused-ring (bicyclic) bond motifs is 1. The highest BCUT2D eigenvalue weighted by atomic mass is 32.1. The number of piperidine rings is 1. The Morgan fingerprint density at radius 2 is 2.03 bits per heavy atom. The van der Waals surface area contributed by atoms with Crippen LogP contribution in [-0.2, 0) is 0 Å². The molecule has 2 aliphatic heterocycles. The lowest BCUT2D eigenvalue weighted by Crippen LogP contribution is -2.43. The molecular formula is C26H30N8O3S.